The number of hydrogen-bond donors (Lipinski definition) is 0. The molecule has 1 atom stereocenters. The zero-order chi connectivity index (χ0) is 16.1. The third kappa shape index (κ3) is 1.98. The molecule has 1 aliphatic rings. The molecule has 1 unspecified atom stereocenters. The summed E-state index contributed by atoms with van der Waals surface area (Å²) >= 11 is 0. The maximum atomic E-state index is 13.1. The maximum absolute atomic E-state index is 13.1. The minimum Gasteiger partial charge on any atom is -0.343 e. The van der Waals surface area contributed by atoms with Gasteiger partial charge >= 0.3 is 0 Å². The lowest BCUT2D eigenvalue weighted by Crippen LogP contribution is -2.26. The van der Waals surface area contributed by atoms with Crippen LogP contribution < -0.4 is 0 Å². The van der Waals surface area contributed by atoms with Gasteiger partial charge in [-0.3, -0.25) is 4.79 Å². The Bertz CT molecular complexity index is 945. The Morgan fingerprint density at radius 2 is 2.13 bits per heavy atom. The Kier molecular flexibility index (Phi) is 3.01. The minimum absolute atomic E-state index is 0.0753. The highest BCUT2D eigenvalue weighted by Gasteiger charge is 2.34. The van der Waals surface area contributed by atoms with Crippen molar-refractivity contribution < 1.29 is 4.79 Å². The largest absolute Gasteiger partial charge is 0.343 e. The molecule has 2 heterocycles. The molecular weight excluding hydrogens is 286 g/mol. The summed E-state index contributed by atoms with van der Waals surface area (Å²) in [4.78, 5) is 17.4. The van der Waals surface area contributed by atoms with Gasteiger partial charge in [-0.05, 0) is 25.0 Å². The van der Waals surface area contributed by atoms with E-state index >= 15 is 0 Å². The number of aromatic nitrogens is 3. The second-order valence-electron chi connectivity index (χ2n) is 6.30. The fourth-order valence-corrected chi connectivity index (χ4v) is 3.73. The molecule has 1 aliphatic carbocycles. The van der Waals surface area contributed by atoms with Crippen molar-refractivity contribution in [3.05, 3.63) is 60.3 Å². The normalized spacial score (nSPS) is 17.7. The molecule has 0 radical (unpaired) electrons. The average Bonchev–Trinajstić information content (AvgIpc) is 3.07. The number of nitrogens with zero attached hydrogens (tertiary/aromatic N) is 3. The Morgan fingerprint density at radius 3 is 2.87 bits per heavy atom. The number of para-hydroxylation sites is 1. The van der Waals surface area contributed by atoms with Crippen LogP contribution in [0.3, 0.4) is 0 Å². The van der Waals surface area contributed by atoms with E-state index in [1.54, 1.807) is 6.20 Å². The highest BCUT2D eigenvalue weighted by molar-refractivity contribution is 6.15. The Hall–Kier alpha value is -2.62. The number of carbonyl (C=O) groups excluding carboxylic acids is 1. The maximum Gasteiger partial charge on any atom is 0.170 e. The van der Waals surface area contributed by atoms with Crippen molar-refractivity contribution in [2.45, 2.75) is 19.9 Å². The van der Waals surface area contributed by atoms with E-state index in [1.807, 2.05) is 42.9 Å². The fourth-order valence-electron chi connectivity index (χ4n) is 3.73. The zero-order valence-corrected chi connectivity index (χ0v) is 13.4. The van der Waals surface area contributed by atoms with Crippen LogP contribution in [0.2, 0.25) is 0 Å². The standard InChI is InChI=1S/C19H19N3O/c1-12-10-14(11-22-9-8-20-13(22)2)19(23)17-15-6-4-5-7-16(15)21(3)18(12)17/h4-9,14H,1,10-11H2,2-3H3. The summed E-state index contributed by atoms with van der Waals surface area (Å²) in [6.07, 6.45) is 4.42. The number of ketones is 1. The predicted octanol–water partition coefficient (Wildman–Crippen LogP) is 3.60. The number of hydrogen-bond acceptors (Lipinski definition) is 2. The average molecular weight is 305 g/mol. The SMILES string of the molecule is C=C1CC(Cn2ccnc2C)C(=O)c2c1n(C)c1ccccc21. The van der Waals surface area contributed by atoms with Gasteiger partial charge in [-0.1, -0.05) is 24.8 Å². The molecule has 4 heteroatoms. The van der Waals surface area contributed by atoms with E-state index < -0.39 is 0 Å². The van der Waals surface area contributed by atoms with Gasteiger partial charge in [0, 0.05) is 42.8 Å². The molecule has 0 spiro atoms. The Balaban J connectivity index is 1.83. The quantitative estimate of drug-likeness (QED) is 0.726. The fraction of sp³-hybridized carbons (Fsp3) is 0.263. The summed E-state index contributed by atoms with van der Waals surface area (Å²) in [5, 5.41) is 1.03. The summed E-state index contributed by atoms with van der Waals surface area (Å²) in [6, 6.07) is 8.09. The van der Waals surface area contributed by atoms with Crippen molar-refractivity contribution in [1.29, 1.82) is 0 Å². The van der Waals surface area contributed by atoms with Gasteiger partial charge in [-0.2, -0.15) is 0 Å². The van der Waals surface area contributed by atoms with Crippen LogP contribution in [0, 0.1) is 12.8 Å². The first kappa shape index (κ1) is 14.0. The van der Waals surface area contributed by atoms with Crippen molar-refractivity contribution in [3.63, 3.8) is 0 Å². The second kappa shape index (κ2) is 4.95. The highest BCUT2D eigenvalue weighted by Crippen LogP contribution is 2.39. The van der Waals surface area contributed by atoms with E-state index in [4.69, 9.17) is 0 Å². The first-order chi connectivity index (χ1) is 11.1. The lowest BCUT2D eigenvalue weighted by Gasteiger charge is -2.24. The molecule has 0 amide bonds. The molecule has 4 rings (SSSR count). The number of allylic oxidation sites excluding steroid dienone is 1. The van der Waals surface area contributed by atoms with Gasteiger partial charge in [0.1, 0.15) is 5.82 Å². The number of fused-ring (bicyclic) bond motifs is 3. The third-order valence-corrected chi connectivity index (χ3v) is 4.89. The summed E-state index contributed by atoms with van der Waals surface area (Å²) in [5.41, 5.74) is 3.96. The van der Waals surface area contributed by atoms with Crippen molar-refractivity contribution >= 4 is 22.3 Å². The van der Waals surface area contributed by atoms with Crippen LogP contribution in [0.1, 0.15) is 28.3 Å². The lowest BCUT2D eigenvalue weighted by molar-refractivity contribution is 0.0905. The van der Waals surface area contributed by atoms with Crippen LogP contribution >= 0.6 is 0 Å². The van der Waals surface area contributed by atoms with E-state index in [9.17, 15) is 4.79 Å². The van der Waals surface area contributed by atoms with Gasteiger partial charge < -0.3 is 9.13 Å². The van der Waals surface area contributed by atoms with Gasteiger partial charge in [0.25, 0.3) is 0 Å². The summed E-state index contributed by atoms with van der Waals surface area (Å²) < 4.78 is 4.15. The van der Waals surface area contributed by atoms with E-state index in [1.165, 1.54) is 0 Å². The minimum atomic E-state index is -0.0753. The van der Waals surface area contributed by atoms with E-state index in [-0.39, 0.29) is 11.7 Å². The van der Waals surface area contributed by atoms with Gasteiger partial charge in [-0.25, -0.2) is 4.98 Å². The highest BCUT2D eigenvalue weighted by atomic mass is 16.1. The monoisotopic (exact) mass is 305 g/mol. The molecule has 4 nitrogen and oxygen atoms in total. The summed E-state index contributed by atoms with van der Waals surface area (Å²) in [5.74, 6) is 1.08. The molecule has 23 heavy (non-hydrogen) atoms. The van der Waals surface area contributed by atoms with Gasteiger partial charge in [0.15, 0.2) is 5.78 Å². The molecule has 1 aromatic carbocycles. The molecule has 0 bridgehead atoms. The smallest absolute Gasteiger partial charge is 0.170 e. The molecular formula is C19H19N3O. The first-order valence-electron chi connectivity index (χ1n) is 7.85. The molecule has 0 saturated carbocycles. The number of aryl methyl sites for hydroxylation is 2. The van der Waals surface area contributed by atoms with Crippen molar-refractivity contribution in [1.82, 2.24) is 14.1 Å². The summed E-state index contributed by atoms with van der Waals surface area (Å²) in [7, 11) is 2.01. The second-order valence-corrected chi connectivity index (χ2v) is 6.30. The summed E-state index contributed by atoms with van der Waals surface area (Å²) in [6.45, 7) is 6.87. The van der Waals surface area contributed by atoms with E-state index in [0.717, 1.165) is 33.6 Å². The molecule has 116 valence electrons. The number of benzene rings is 1. The predicted molar refractivity (Wildman–Crippen MR) is 91.4 cm³/mol. The number of Topliss-reactive ketones (excluding diaryl/α,β-unsaturated/α-hetero) is 1. The van der Waals surface area contributed by atoms with Crippen LogP contribution in [-0.4, -0.2) is 19.9 Å². The number of rotatable bonds is 2. The lowest BCUT2D eigenvalue weighted by atomic mass is 9.82. The topological polar surface area (TPSA) is 39.8 Å². The van der Waals surface area contributed by atoms with Crippen LogP contribution in [0.5, 0.6) is 0 Å². The van der Waals surface area contributed by atoms with Crippen molar-refractivity contribution in [3.8, 4) is 0 Å². The Morgan fingerprint density at radius 1 is 1.35 bits per heavy atom. The van der Waals surface area contributed by atoms with E-state index in [0.29, 0.717) is 13.0 Å². The third-order valence-electron chi connectivity index (χ3n) is 4.89. The van der Waals surface area contributed by atoms with Crippen molar-refractivity contribution in [2.75, 3.05) is 0 Å². The Labute approximate surface area is 135 Å². The van der Waals surface area contributed by atoms with Gasteiger partial charge in [0.2, 0.25) is 0 Å². The number of carbonyl (C=O) groups is 1. The molecule has 3 aromatic rings. The number of imidazole rings is 1. The molecule has 0 aliphatic heterocycles. The van der Waals surface area contributed by atoms with Crippen LogP contribution in [0.15, 0.2) is 43.2 Å². The molecule has 0 N–H and O–H groups in total. The van der Waals surface area contributed by atoms with Crippen LogP contribution in [-0.2, 0) is 13.6 Å². The van der Waals surface area contributed by atoms with E-state index in [2.05, 4.69) is 22.2 Å². The molecule has 0 saturated heterocycles. The van der Waals surface area contributed by atoms with Crippen LogP contribution in [0.25, 0.3) is 16.5 Å². The van der Waals surface area contributed by atoms with Gasteiger partial charge in [-0.15, -0.1) is 0 Å². The first-order valence-corrected chi connectivity index (χ1v) is 7.85. The van der Waals surface area contributed by atoms with Crippen LogP contribution in [0.4, 0.5) is 0 Å². The molecule has 2 aromatic heterocycles. The molecule has 0 fully saturated rings. The van der Waals surface area contributed by atoms with Gasteiger partial charge in [0.05, 0.1) is 11.3 Å². The zero-order valence-electron chi connectivity index (χ0n) is 13.4. The van der Waals surface area contributed by atoms with Crippen molar-refractivity contribution in [2.24, 2.45) is 13.0 Å².